The molecule has 2 N–H and O–H groups in total. The molecule has 0 fully saturated rings. The number of nitrogens with one attached hydrogen (secondary N) is 2. The van der Waals surface area contributed by atoms with Gasteiger partial charge in [-0.25, -0.2) is 18.4 Å². The normalized spacial score (nSPS) is 11.5. The van der Waals surface area contributed by atoms with Crippen LogP contribution in [0.15, 0.2) is 65.8 Å². The Morgan fingerprint density at radius 2 is 1.62 bits per heavy atom. The number of aryl methyl sites for hydroxylation is 2. The standard InChI is InChI=1S/C20H20N6O2S/c1-14-7-9-15(10-8-14)11-21-19-20(24-18-6-4-3-5-17(18)23-19)25-29(27,28)16-12-22-26(2)13-16/h3-10,12-13H,11H2,1-2H3,(H,21,23)(H,24,25). The first-order chi connectivity index (χ1) is 13.9. The molecule has 0 aliphatic rings. The molecule has 0 saturated heterocycles. The minimum absolute atomic E-state index is 0.0550. The highest BCUT2D eigenvalue weighted by Crippen LogP contribution is 2.24. The van der Waals surface area contributed by atoms with Crippen LogP contribution < -0.4 is 10.0 Å². The summed E-state index contributed by atoms with van der Waals surface area (Å²) in [4.78, 5) is 9.10. The van der Waals surface area contributed by atoms with E-state index in [4.69, 9.17) is 0 Å². The summed E-state index contributed by atoms with van der Waals surface area (Å²) >= 11 is 0. The average molecular weight is 408 g/mol. The van der Waals surface area contributed by atoms with Crippen molar-refractivity contribution in [1.29, 1.82) is 0 Å². The molecule has 4 aromatic rings. The molecule has 0 bridgehead atoms. The lowest BCUT2D eigenvalue weighted by Crippen LogP contribution is -2.16. The third-order valence-electron chi connectivity index (χ3n) is 4.37. The number of nitrogens with zero attached hydrogens (tertiary/aromatic N) is 4. The summed E-state index contributed by atoms with van der Waals surface area (Å²) in [5.74, 6) is 0.497. The van der Waals surface area contributed by atoms with Crippen LogP contribution in [-0.4, -0.2) is 28.2 Å². The van der Waals surface area contributed by atoms with Crippen LogP contribution in [-0.2, 0) is 23.6 Å². The lowest BCUT2D eigenvalue weighted by molar-refractivity contribution is 0.601. The van der Waals surface area contributed by atoms with Gasteiger partial charge in [-0.2, -0.15) is 5.10 Å². The largest absolute Gasteiger partial charge is 0.363 e. The van der Waals surface area contributed by atoms with Gasteiger partial charge in [0.05, 0.1) is 17.2 Å². The highest BCUT2D eigenvalue weighted by molar-refractivity contribution is 7.92. The van der Waals surface area contributed by atoms with Gasteiger partial charge in [0, 0.05) is 19.8 Å². The van der Waals surface area contributed by atoms with E-state index in [0.717, 1.165) is 5.56 Å². The Bertz CT molecular complexity index is 1270. The van der Waals surface area contributed by atoms with Crippen LogP contribution in [0.25, 0.3) is 11.0 Å². The fourth-order valence-corrected chi connectivity index (χ4v) is 3.80. The molecule has 0 atom stereocenters. The summed E-state index contributed by atoms with van der Waals surface area (Å²) in [7, 11) is -2.19. The average Bonchev–Trinajstić information content (AvgIpc) is 3.15. The van der Waals surface area contributed by atoms with E-state index in [1.807, 2.05) is 49.4 Å². The molecule has 148 valence electrons. The van der Waals surface area contributed by atoms with Crippen LogP contribution >= 0.6 is 0 Å². The van der Waals surface area contributed by atoms with Gasteiger partial charge in [0.2, 0.25) is 0 Å². The monoisotopic (exact) mass is 408 g/mol. The molecule has 0 radical (unpaired) electrons. The van der Waals surface area contributed by atoms with E-state index >= 15 is 0 Å². The maximum Gasteiger partial charge on any atom is 0.266 e. The number of fused-ring (bicyclic) bond motifs is 1. The highest BCUT2D eigenvalue weighted by Gasteiger charge is 2.20. The Morgan fingerprint density at radius 1 is 0.966 bits per heavy atom. The zero-order valence-electron chi connectivity index (χ0n) is 16.0. The highest BCUT2D eigenvalue weighted by atomic mass is 32.2. The Labute approximate surface area is 168 Å². The van der Waals surface area contributed by atoms with E-state index in [9.17, 15) is 8.42 Å². The van der Waals surface area contributed by atoms with E-state index in [0.29, 0.717) is 23.4 Å². The number of rotatable bonds is 6. The molecule has 2 aromatic carbocycles. The number of hydrogen-bond donors (Lipinski definition) is 2. The molecule has 0 saturated carbocycles. The summed E-state index contributed by atoms with van der Waals surface area (Å²) in [6.45, 7) is 2.51. The summed E-state index contributed by atoms with van der Waals surface area (Å²) in [6.07, 6.45) is 2.71. The molecule has 0 aliphatic heterocycles. The number of hydrogen-bond acceptors (Lipinski definition) is 6. The van der Waals surface area contributed by atoms with Gasteiger partial charge in [-0.05, 0) is 24.6 Å². The SMILES string of the molecule is Cc1ccc(CNc2nc3ccccc3nc2NS(=O)(=O)c2cnn(C)c2)cc1. The van der Waals surface area contributed by atoms with E-state index < -0.39 is 10.0 Å². The maximum absolute atomic E-state index is 12.8. The smallest absolute Gasteiger partial charge is 0.266 e. The van der Waals surface area contributed by atoms with Gasteiger partial charge >= 0.3 is 0 Å². The fourth-order valence-electron chi connectivity index (χ4n) is 2.81. The molecule has 2 heterocycles. The van der Waals surface area contributed by atoms with Crippen molar-refractivity contribution in [1.82, 2.24) is 19.7 Å². The summed E-state index contributed by atoms with van der Waals surface area (Å²) in [5.41, 5.74) is 3.48. The van der Waals surface area contributed by atoms with Gasteiger partial charge in [-0.15, -0.1) is 0 Å². The van der Waals surface area contributed by atoms with Crippen LogP contribution in [0.1, 0.15) is 11.1 Å². The minimum Gasteiger partial charge on any atom is -0.363 e. The van der Waals surface area contributed by atoms with Gasteiger partial charge in [-0.1, -0.05) is 42.0 Å². The van der Waals surface area contributed by atoms with Crippen molar-refractivity contribution < 1.29 is 8.42 Å². The third-order valence-corrected chi connectivity index (χ3v) is 5.67. The minimum atomic E-state index is -3.85. The van der Waals surface area contributed by atoms with E-state index in [1.54, 1.807) is 13.1 Å². The van der Waals surface area contributed by atoms with Crippen LogP contribution in [0, 0.1) is 6.92 Å². The Morgan fingerprint density at radius 3 is 2.24 bits per heavy atom. The molecule has 8 nitrogen and oxygen atoms in total. The molecule has 0 unspecified atom stereocenters. The Kier molecular flexibility index (Phi) is 4.89. The van der Waals surface area contributed by atoms with Gasteiger partial charge < -0.3 is 5.32 Å². The van der Waals surface area contributed by atoms with Crippen molar-refractivity contribution in [3.8, 4) is 0 Å². The first-order valence-electron chi connectivity index (χ1n) is 8.98. The molecule has 2 aromatic heterocycles. The second-order valence-corrected chi connectivity index (χ2v) is 8.39. The molecule has 0 spiro atoms. The van der Waals surface area contributed by atoms with Crippen molar-refractivity contribution in [2.75, 3.05) is 10.0 Å². The zero-order valence-corrected chi connectivity index (χ0v) is 16.8. The molecular weight excluding hydrogens is 388 g/mol. The lowest BCUT2D eigenvalue weighted by atomic mass is 10.1. The van der Waals surface area contributed by atoms with E-state index in [-0.39, 0.29) is 10.7 Å². The summed E-state index contributed by atoms with van der Waals surface area (Å²) in [5, 5.41) is 7.12. The molecule has 29 heavy (non-hydrogen) atoms. The van der Waals surface area contributed by atoms with Crippen LogP contribution in [0.3, 0.4) is 0 Å². The van der Waals surface area contributed by atoms with Crippen molar-refractivity contribution in [3.05, 3.63) is 72.1 Å². The maximum atomic E-state index is 12.8. The van der Waals surface area contributed by atoms with Crippen LogP contribution in [0.4, 0.5) is 11.6 Å². The Balaban J connectivity index is 1.69. The van der Waals surface area contributed by atoms with Crippen LogP contribution in [0.2, 0.25) is 0 Å². The lowest BCUT2D eigenvalue weighted by Gasteiger charge is -2.13. The molecular formula is C20H20N6O2S. The predicted molar refractivity (Wildman–Crippen MR) is 112 cm³/mol. The molecule has 4 rings (SSSR count). The van der Waals surface area contributed by atoms with Gasteiger partial charge in [0.1, 0.15) is 4.90 Å². The van der Waals surface area contributed by atoms with E-state index in [2.05, 4.69) is 25.1 Å². The van der Waals surface area contributed by atoms with Gasteiger partial charge in [0.15, 0.2) is 11.6 Å². The van der Waals surface area contributed by atoms with Crippen molar-refractivity contribution in [3.63, 3.8) is 0 Å². The number of para-hydroxylation sites is 2. The Hall–Kier alpha value is -3.46. The summed E-state index contributed by atoms with van der Waals surface area (Å²) < 4.78 is 29.5. The molecule has 9 heteroatoms. The molecule has 0 amide bonds. The topological polar surface area (TPSA) is 102 Å². The molecule has 0 aliphatic carbocycles. The first-order valence-corrected chi connectivity index (χ1v) is 10.5. The van der Waals surface area contributed by atoms with Gasteiger partial charge in [-0.3, -0.25) is 9.40 Å². The number of sulfonamides is 1. The zero-order chi connectivity index (χ0) is 20.4. The van der Waals surface area contributed by atoms with Crippen molar-refractivity contribution in [2.45, 2.75) is 18.4 Å². The number of aromatic nitrogens is 4. The number of anilines is 2. The van der Waals surface area contributed by atoms with Gasteiger partial charge in [0.25, 0.3) is 10.0 Å². The van der Waals surface area contributed by atoms with Crippen molar-refractivity contribution in [2.24, 2.45) is 7.05 Å². The van der Waals surface area contributed by atoms with Crippen LogP contribution in [0.5, 0.6) is 0 Å². The fraction of sp³-hybridized carbons (Fsp3) is 0.150. The second-order valence-electron chi connectivity index (χ2n) is 6.70. The van der Waals surface area contributed by atoms with E-state index in [1.165, 1.54) is 22.6 Å². The third kappa shape index (κ3) is 4.19. The second kappa shape index (κ2) is 7.51. The first kappa shape index (κ1) is 18.9. The quantitative estimate of drug-likeness (QED) is 0.508. The predicted octanol–water partition coefficient (Wildman–Crippen LogP) is 3.08. The summed E-state index contributed by atoms with van der Waals surface area (Å²) in [6, 6.07) is 15.4. The number of benzene rings is 2. The van der Waals surface area contributed by atoms with Crippen molar-refractivity contribution >= 4 is 32.7 Å².